The summed E-state index contributed by atoms with van der Waals surface area (Å²) in [5, 5.41) is 16.9. The van der Waals surface area contributed by atoms with Crippen molar-refractivity contribution in [2.45, 2.75) is 6.92 Å². The van der Waals surface area contributed by atoms with E-state index in [1.807, 2.05) is 31.2 Å². The Labute approximate surface area is 157 Å². The van der Waals surface area contributed by atoms with Gasteiger partial charge in [0.1, 0.15) is 5.69 Å². The van der Waals surface area contributed by atoms with Crippen LogP contribution in [0.15, 0.2) is 53.5 Å². The third-order valence-corrected chi connectivity index (χ3v) is 3.10. The van der Waals surface area contributed by atoms with Crippen LogP contribution in [0.25, 0.3) is 0 Å². The number of rotatable bonds is 6. The molecule has 0 bridgehead atoms. The number of aryl methyl sites for hydroxylation is 1. The summed E-state index contributed by atoms with van der Waals surface area (Å²) in [5.74, 6) is 0.306. The third-order valence-electron chi connectivity index (χ3n) is 3.10. The SMILES string of the molecule is Cc1cccc(NC(N)=NCCNc2ccccc2[N+](=O)[O-])c1.I. The van der Waals surface area contributed by atoms with Crippen molar-refractivity contribution in [1.82, 2.24) is 0 Å². The van der Waals surface area contributed by atoms with Crippen LogP contribution in [-0.2, 0) is 0 Å². The van der Waals surface area contributed by atoms with Gasteiger partial charge in [0.05, 0.1) is 11.5 Å². The predicted octanol–water partition coefficient (Wildman–Crippen LogP) is 3.36. The molecule has 0 radical (unpaired) electrons. The van der Waals surface area contributed by atoms with E-state index in [0.717, 1.165) is 11.3 Å². The van der Waals surface area contributed by atoms with E-state index in [1.54, 1.807) is 18.2 Å². The van der Waals surface area contributed by atoms with E-state index in [2.05, 4.69) is 15.6 Å². The largest absolute Gasteiger partial charge is 0.378 e. The Morgan fingerprint density at radius 3 is 2.71 bits per heavy atom. The molecule has 0 spiro atoms. The van der Waals surface area contributed by atoms with Gasteiger partial charge in [-0.1, -0.05) is 24.3 Å². The highest BCUT2D eigenvalue weighted by molar-refractivity contribution is 14.0. The van der Waals surface area contributed by atoms with Crippen LogP contribution < -0.4 is 16.4 Å². The number of hydrogen-bond donors (Lipinski definition) is 3. The maximum Gasteiger partial charge on any atom is 0.292 e. The standard InChI is InChI=1S/C16H19N5O2.HI/c1-12-5-4-6-13(11-12)20-16(17)19-10-9-18-14-7-2-3-8-15(14)21(22)23;/h2-8,11,18H,9-10H2,1H3,(H3,17,19,20);1H. The molecule has 128 valence electrons. The first-order valence-corrected chi connectivity index (χ1v) is 7.17. The van der Waals surface area contributed by atoms with Crippen molar-refractivity contribution in [1.29, 1.82) is 0 Å². The van der Waals surface area contributed by atoms with E-state index in [9.17, 15) is 10.1 Å². The number of anilines is 2. The van der Waals surface area contributed by atoms with Crippen LogP contribution in [0, 0.1) is 17.0 Å². The van der Waals surface area contributed by atoms with Crippen LogP contribution in [0.4, 0.5) is 17.1 Å². The lowest BCUT2D eigenvalue weighted by Gasteiger charge is -2.07. The number of nitrogens with zero attached hydrogens (tertiary/aromatic N) is 2. The average molecular weight is 441 g/mol. The lowest BCUT2D eigenvalue weighted by Crippen LogP contribution is -2.23. The number of nitro benzene ring substituents is 1. The van der Waals surface area contributed by atoms with Gasteiger partial charge < -0.3 is 16.4 Å². The zero-order valence-corrected chi connectivity index (χ0v) is 15.6. The average Bonchev–Trinajstić information content (AvgIpc) is 2.52. The fraction of sp³-hybridized carbons (Fsp3) is 0.188. The Morgan fingerprint density at radius 1 is 1.25 bits per heavy atom. The second kappa shape index (κ2) is 9.71. The molecule has 2 rings (SSSR count). The second-order valence-corrected chi connectivity index (χ2v) is 4.96. The minimum absolute atomic E-state index is 0. The molecule has 2 aromatic carbocycles. The normalized spacial score (nSPS) is 10.6. The summed E-state index contributed by atoms with van der Waals surface area (Å²) < 4.78 is 0. The quantitative estimate of drug-likeness (QED) is 0.159. The highest BCUT2D eigenvalue weighted by atomic mass is 127. The molecule has 0 saturated carbocycles. The summed E-state index contributed by atoms with van der Waals surface area (Å²) in [6.45, 7) is 2.84. The van der Waals surface area contributed by atoms with Gasteiger partial charge in [-0.15, -0.1) is 24.0 Å². The molecular weight excluding hydrogens is 421 g/mol. The van der Waals surface area contributed by atoms with E-state index in [0.29, 0.717) is 24.7 Å². The van der Waals surface area contributed by atoms with Crippen molar-refractivity contribution >= 4 is 47.0 Å². The molecular formula is C16H20IN5O2. The monoisotopic (exact) mass is 441 g/mol. The van der Waals surface area contributed by atoms with Gasteiger partial charge in [-0.2, -0.15) is 0 Å². The third kappa shape index (κ3) is 6.03. The first-order valence-electron chi connectivity index (χ1n) is 7.17. The number of para-hydroxylation sites is 2. The van der Waals surface area contributed by atoms with Crippen LogP contribution in [0.3, 0.4) is 0 Å². The summed E-state index contributed by atoms with van der Waals surface area (Å²) in [5.41, 5.74) is 8.33. The van der Waals surface area contributed by atoms with Crippen LogP contribution in [0.2, 0.25) is 0 Å². The molecule has 0 aromatic heterocycles. The van der Waals surface area contributed by atoms with Crippen molar-refractivity contribution in [3.05, 3.63) is 64.2 Å². The number of guanidine groups is 1. The minimum atomic E-state index is -0.417. The number of halogens is 1. The van der Waals surface area contributed by atoms with Crippen molar-refractivity contribution in [2.24, 2.45) is 10.7 Å². The molecule has 4 N–H and O–H groups in total. The molecule has 0 aliphatic carbocycles. The van der Waals surface area contributed by atoms with Gasteiger partial charge in [0.2, 0.25) is 0 Å². The molecule has 0 aliphatic heterocycles. The fourth-order valence-corrected chi connectivity index (χ4v) is 2.06. The van der Waals surface area contributed by atoms with Crippen LogP contribution in [-0.4, -0.2) is 24.0 Å². The predicted molar refractivity (Wildman–Crippen MR) is 108 cm³/mol. The summed E-state index contributed by atoms with van der Waals surface area (Å²) in [7, 11) is 0. The Hall–Kier alpha value is -2.36. The van der Waals surface area contributed by atoms with E-state index in [-0.39, 0.29) is 29.7 Å². The van der Waals surface area contributed by atoms with Gasteiger partial charge in [0.15, 0.2) is 5.96 Å². The molecule has 0 fully saturated rings. The molecule has 0 amide bonds. The zero-order chi connectivity index (χ0) is 16.7. The molecule has 7 nitrogen and oxygen atoms in total. The number of benzene rings is 2. The molecule has 8 heteroatoms. The maximum absolute atomic E-state index is 10.9. The lowest BCUT2D eigenvalue weighted by atomic mass is 10.2. The van der Waals surface area contributed by atoms with Gasteiger partial charge in [0.25, 0.3) is 5.69 Å². The van der Waals surface area contributed by atoms with Crippen molar-refractivity contribution in [2.75, 3.05) is 23.7 Å². The smallest absolute Gasteiger partial charge is 0.292 e. The molecule has 0 aliphatic rings. The highest BCUT2D eigenvalue weighted by Crippen LogP contribution is 2.22. The molecule has 2 aromatic rings. The molecule has 0 saturated heterocycles. The topological polar surface area (TPSA) is 106 Å². The van der Waals surface area contributed by atoms with Crippen molar-refractivity contribution < 1.29 is 4.92 Å². The van der Waals surface area contributed by atoms with E-state index >= 15 is 0 Å². The number of nitrogens with two attached hydrogens (primary N) is 1. The summed E-state index contributed by atoms with van der Waals surface area (Å²) >= 11 is 0. The first-order chi connectivity index (χ1) is 11.1. The maximum atomic E-state index is 10.9. The van der Waals surface area contributed by atoms with Gasteiger partial charge in [0, 0.05) is 18.3 Å². The van der Waals surface area contributed by atoms with Gasteiger partial charge in [-0.3, -0.25) is 15.1 Å². The second-order valence-electron chi connectivity index (χ2n) is 4.96. The van der Waals surface area contributed by atoms with E-state index in [1.165, 1.54) is 6.07 Å². The molecule has 0 heterocycles. The van der Waals surface area contributed by atoms with Crippen LogP contribution in [0.1, 0.15) is 5.56 Å². The number of aliphatic imine (C=N–C) groups is 1. The Bertz CT molecular complexity index is 721. The Kier molecular flexibility index (Phi) is 7.96. The summed E-state index contributed by atoms with van der Waals surface area (Å²) in [6.07, 6.45) is 0. The molecule has 24 heavy (non-hydrogen) atoms. The summed E-state index contributed by atoms with van der Waals surface area (Å²) in [6, 6.07) is 14.3. The number of nitrogens with one attached hydrogen (secondary N) is 2. The van der Waals surface area contributed by atoms with E-state index in [4.69, 9.17) is 5.73 Å². The minimum Gasteiger partial charge on any atom is -0.378 e. The Balaban J connectivity index is 0.00000288. The molecule has 0 atom stereocenters. The van der Waals surface area contributed by atoms with E-state index < -0.39 is 4.92 Å². The van der Waals surface area contributed by atoms with Crippen LogP contribution in [0.5, 0.6) is 0 Å². The van der Waals surface area contributed by atoms with Crippen molar-refractivity contribution in [3.63, 3.8) is 0 Å². The zero-order valence-electron chi connectivity index (χ0n) is 13.2. The van der Waals surface area contributed by atoms with Gasteiger partial charge >= 0.3 is 0 Å². The Morgan fingerprint density at radius 2 is 2.00 bits per heavy atom. The highest BCUT2D eigenvalue weighted by Gasteiger charge is 2.10. The number of nitro groups is 1. The van der Waals surface area contributed by atoms with Crippen molar-refractivity contribution in [3.8, 4) is 0 Å². The van der Waals surface area contributed by atoms with Gasteiger partial charge in [-0.25, -0.2) is 0 Å². The fourth-order valence-electron chi connectivity index (χ4n) is 2.06. The van der Waals surface area contributed by atoms with Crippen LogP contribution >= 0.6 is 24.0 Å². The number of hydrogen-bond acceptors (Lipinski definition) is 4. The summed E-state index contributed by atoms with van der Waals surface area (Å²) in [4.78, 5) is 14.7. The molecule has 0 unspecified atom stereocenters. The van der Waals surface area contributed by atoms with Gasteiger partial charge in [-0.05, 0) is 30.7 Å². The first kappa shape index (κ1) is 19.7. The lowest BCUT2D eigenvalue weighted by molar-refractivity contribution is -0.384.